The van der Waals surface area contributed by atoms with Gasteiger partial charge in [-0.2, -0.15) is 0 Å². The van der Waals surface area contributed by atoms with Gasteiger partial charge in [0.25, 0.3) is 0 Å². The molecule has 0 fully saturated rings. The molecule has 8 heteroatoms. The van der Waals surface area contributed by atoms with Crippen LogP contribution in [-0.4, -0.2) is 31.9 Å². The highest BCUT2D eigenvalue weighted by Crippen LogP contribution is 2.39. The Morgan fingerprint density at radius 1 is 0.971 bits per heavy atom. The summed E-state index contributed by atoms with van der Waals surface area (Å²) in [5, 5.41) is 9.52. The lowest BCUT2D eigenvalue weighted by molar-refractivity contribution is 0.0529. The highest BCUT2D eigenvalue weighted by Gasteiger charge is 2.23. The Kier molecular flexibility index (Phi) is 8.90. The summed E-state index contributed by atoms with van der Waals surface area (Å²) in [6.07, 6.45) is 1.77. The van der Waals surface area contributed by atoms with Crippen molar-refractivity contribution in [3.63, 3.8) is 0 Å². The number of hydrogen-bond donors (Lipinski definition) is 2. The first kappa shape index (κ1) is 25.5. The summed E-state index contributed by atoms with van der Waals surface area (Å²) in [7, 11) is 3.17. The fourth-order valence-corrected chi connectivity index (χ4v) is 4.95. The number of para-hydroxylation sites is 1. The molecule has 3 rings (SSSR count). The molecule has 2 N–H and O–H groups in total. The van der Waals surface area contributed by atoms with Crippen molar-refractivity contribution in [3.05, 3.63) is 58.5 Å². The lowest BCUT2D eigenvalue weighted by Crippen LogP contribution is -2.22. The van der Waals surface area contributed by atoms with Crippen LogP contribution in [0.2, 0.25) is 0 Å². The Morgan fingerprint density at radius 2 is 1.65 bits per heavy atom. The standard InChI is InChI=1S/C26H30N2O4S2/c1-6-16-10-9-11-17(7-2)23(16)27-26(33)28-24-22(25(29)32-8-3)19(15-34-24)18-12-13-20(30-4)21(14-18)31-5/h9-15H,6-8H2,1-5H3,(H2,27,28,33). The van der Waals surface area contributed by atoms with Gasteiger partial charge in [0.2, 0.25) is 0 Å². The number of benzene rings is 2. The van der Waals surface area contributed by atoms with Crippen LogP contribution in [0.1, 0.15) is 42.3 Å². The molecule has 0 aliphatic rings. The highest BCUT2D eigenvalue weighted by molar-refractivity contribution is 7.80. The van der Waals surface area contributed by atoms with Crippen molar-refractivity contribution in [2.24, 2.45) is 0 Å². The molecule has 0 bridgehead atoms. The zero-order valence-corrected chi connectivity index (χ0v) is 21.7. The quantitative estimate of drug-likeness (QED) is 0.256. The molecular weight excluding hydrogens is 468 g/mol. The number of rotatable bonds is 9. The first-order valence-electron chi connectivity index (χ1n) is 11.2. The number of thiocarbonyl (C=S) groups is 1. The number of esters is 1. The summed E-state index contributed by atoms with van der Waals surface area (Å²) in [6.45, 7) is 6.29. The Balaban J connectivity index is 1.96. The third kappa shape index (κ3) is 5.51. The van der Waals surface area contributed by atoms with Crippen LogP contribution in [0.3, 0.4) is 0 Å². The van der Waals surface area contributed by atoms with Gasteiger partial charge in [0.1, 0.15) is 10.6 Å². The van der Waals surface area contributed by atoms with Gasteiger partial charge >= 0.3 is 5.97 Å². The normalized spacial score (nSPS) is 10.5. The minimum absolute atomic E-state index is 0.270. The molecule has 0 amide bonds. The van der Waals surface area contributed by atoms with E-state index in [0.717, 1.165) is 29.7 Å². The summed E-state index contributed by atoms with van der Waals surface area (Å²) in [5.74, 6) is 0.780. The second-order valence-electron chi connectivity index (χ2n) is 7.38. The molecule has 6 nitrogen and oxygen atoms in total. The molecule has 0 saturated carbocycles. The minimum Gasteiger partial charge on any atom is -0.493 e. The molecule has 34 heavy (non-hydrogen) atoms. The summed E-state index contributed by atoms with van der Waals surface area (Å²) >= 11 is 7.03. The fraction of sp³-hybridized carbons (Fsp3) is 0.308. The van der Waals surface area contributed by atoms with Crippen molar-refractivity contribution in [3.8, 4) is 22.6 Å². The number of nitrogens with one attached hydrogen (secondary N) is 2. The molecule has 0 radical (unpaired) electrons. The molecule has 180 valence electrons. The van der Waals surface area contributed by atoms with Crippen molar-refractivity contribution >= 4 is 45.3 Å². The van der Waals surface area contributed by atoms with Crippen LogP contribution in [0.5, 0.6) is 11.5 Å². The predicted octanol–water partition coefficient (Wildman–Crippen LogP) is 6.54. The Morgan fingerprint density at radius 3 is 2.24 bits per heavy atom. The lowest BCUT2D eigenvalue weighted by atomic mass is 10.0. The van der Waals surface area contributed by atoms with Crippen LogP contribution in [0, 0.1) is 0 Å². The molecule has 0 aliphatic carbocycles. The monoisotopic (exact) mass is 498 g/mol. The highest BCUT2D eigenvalue weighted by atomic mass is 32.1. The van der Waals surface area contributed by atoms with Gasteiger partial charge in [-0.15, -0.1) is 11.3 Å². The molecule has 0 saturated heterocycles. The molecule has 3 aromatic rings. The average Bonchev–Trinajstić information content (AvgIpc) is 3.27. The van der Waals surface area contributed by atoms with Gasteiger partial charge in [-0.05, 0) is 60.8 Å². The molecule has 2 aromatic carbocycles. The largest absolute Gasteiger partial charge is 0.493 e. The van der Waals surface area contributed by atoms with E-state index in [1.165, 1.54) is 22.5 Å². The molecular formula is C26H30N2O4S2. The number of thiophene rings is 1. The third-order valence-electron chi connectivity index (χ3n) is 5.43. The fourth-order valence-electron chi connectivity index (χ4n) is 3.72. The minimum atomic E-state index is -0.415. The smallest absolute Gasteiger partial charge is 0.341 e. The molecule has 0 atom stereocenters. The molecule has 0 unspecified atom stereocenters. The first-order chi connectivity index (χ1) is 16.5. The van der Waals surface area contributed by atoms with E-state index in [9.17, 15) is 4.79 Å². The predicted molar refractivity (Wildman–Crippen MR) is 144 cm³/mol. The van der Waals surface area contributed by atoms with E-state index in [4.69, 9.17) is 26.4 Å². The van der Waals surface area contributed by atoms with Crippen molar-refractivity contribution < 1.29 is 19.0 Å². The summed E-state index contributed by atoms with van der Waals surface area (Å²) in [5.41, 5.74) is 5.37. The van der Waals surface area contributed by atoms with E-state index in [2.05, 4.69) is 42.7 Å². The van der Waals surface area contributed by atoms with E-state index in [1.54, 1.807) is 21.1 Å². The Hall–Kier alpha value is -3.10. The molecule has 1 aromatic heterocycles. The summed E-state index contributed by atoms with van der Waals surface area (Å²) in [6, 6.07) is 11.8. The maximum absolute atomic E-state index is 13.0. The summed E-state index contributed by atoms with van der Waals surface area (Å²) < 4.78 is 16.2. The topological polar surface area (TPSA) is 68.8 Å². The number of carbonyl (C=O) groups is 1. The number of anilines is 2. The van der Waals surface area contributed by atoms with Crippen molar-refractivity contribution in [1.82, 2.24) is 0 Å². The Labute approximate surface area is 210 Å². The van der Waals surface area contributed by atoms with Gasteiger partial charge in [0.15, 0.2) is 16.6 Å². The number of aryl methyl sites for hydroxylation is 2. The maximum atomic E-state index is 13.0. The average molecular weight is 499 g/mol. The van der Waals surface area contributed by atoms with Crippen molar-refractivity contribution in [2.75, 3.05) is 31.5 Å². The van der Waals surface area contributed by atoms with Gasteiger partial charge < -0.3 is 24.8 Å². The van der Waals surface area contributed by atoms with Crippen LogP contribution in [-0.2, 0) is 17.6 Å². The van der Waals surface area contributed by atoms with E-state index in [0.29, 0.717) is 27.2 Å². The zero-order valence-electron chi connectivity index (χ0n) is 20.1. The SMILES string of the molecule is CCOC(=O)c1c(-c2ccc(OC)c(OC)c2)csc1NC(=S)Nc1c(CC)cccc1CC. The van der Waals surface area contributed by atoms with Crippen LogP contribution in [0.15, 0.2) is 41.8 Å². The first-order valence-corrected chi connectivity index (χ1v) is 12.5. The van der Waals surface area contributed by atoms with Crippen LogP contribution in [0.25, 0.3) is 11.1 Å². The number of hydrogen-bond acceptors (Lipinski definition) is 6. The van der Waals surface area contributed by atoms with Gasteiger partial charge in [0.05, 0.1) is 20.8 Å². The number of carbonyl (C=O) groups excluding carboxylic acids is 1. The number of ether oxygens (including phenoxy) is 3. The number of methoxy groups -OCH3 is 2. The summed E-state index contributed by atoms with van der Waals surface area (Å²) in [4.78, 5) is 13.0. The van der Waals surface area contributed by atoms with E-state index in [1.807, 2.05) is 23.6 Å². The van der Waals surface area contributed by atoms with E-state index < -0.39 is 5.97 Å². The lowest BCUT2D eigenvalue weighted by Gasteiger charge is -2.17. The van der Waals surface area contributed by atoms with E-state index in [-0.39, 0.29) is 6.61 Å². The maximum Gasteiger partial charge on any atom is 0.341 e. The van der Waals surface area contributed by atoms with Crippen LogP contribution < -0.4 is 20.1 Å². The Bertz CT molecular complexity index is 1150. The zero-order chi connectivity index (χ0) is 24.7. The van der Waals surface area contributed by atoms with E-state index >= 15 is 0 Å². The second kappa shape index (κ2) is 11.9. The van der Waals surface area contributed by atoms with Crippen LogP contribution in [0.4, 0.5) is 10.7 Å². The third-order valence-corrected chi connectivity index (χ3v) is 6.53. The van der Waals surface area contributed by atoms with Gasteiger partial charge in [-0.3, -0.25) is 0 Å². The van der Waals surface area contributed by atoms with Gasteiger partial charge in [0, 0.05) is 16.6 Å². The molecule has 0 spiro atoms. The van der Waals surface area contributed by atoms with Gasteiger partial charge in [-0.1, -0.05) is 38.1 Å². The van der Waals surface area contributed by atoms with Crippen LogP contribution >= 0.6 is 23.6 Å². The molecule has 1 heterocycles. The van der Waals surface area contributed by atoms with Gasteiger partial charge in [-0.25, -0.2) is 4.79 Å². The van der Waals surface area contributed by atoms with Crippen molar-refractivity contribution in [1.29, 1.82) is 0 Å². The molecule has 0 aliphatic heterocycles. The van der Waals surface area contributed by atoms with Crippen molar-refractivity contribution in [2.45, 2.75) is 33.6 Å². The second-order valence-corrected chi connectivity index (χ2v) is 8.67.